The van der Waals surface area contributed by atoms with Gasteiger partial charge < -0.3 is 10.1 Å². The highest BCUT2D eigenvalue weighted by Gasteiger charge is 2.16. The number of rotatable bonds is 6. The molecule has 2 N–H and O–H groups in total. The molecule has 6 nitrogen and oxygen atoms in total. The minimum atomic E-state index is 0.204. The average molecular weight is 461 g/mol. The van der Waals surface area contributed by atoms with Crippen LogP contribution in [0.5, 0.6) is 0 Å². The van der Waals surface area contributed by atoms with E-state index in [0.29, 0.717) is 39.0 Å². The van der Waals surface area contributed by atoms with Crippen LogP contribution in [-0.2, 0) is 11.3 Å². The van der Waals surface area contributed by atoms with Gasteiger partial charge in [0.2, 0.25) is 0 Å². The predicted octanol–water partition coefficient (Wildman–Crippen LogP) is 4.18. The van der Waals surface area contributed by atoms with Crippen molar-refractivity contribution in [2.45, 2.75) is 32.4 Å². The highest BCUT2D eigenvalue weighted by Crippen LogP contribution is 2.27. The van der Waals surface area contributed by atoms with E-state index in [2.05, 4.69) is 20.9 Å². The molecule has 0 bridgehead atoms. The van der Waals surface area contributed by atoms with E-state index in [1.807, 2.05) is 6.92 Å². The van der Waals surface area contributed by atoms with Crippen LogP contribution >= 0.6 is 47.0 Å². The molecule has 1 aromatic carbocycles. The summed E-state index contributed by atoms with van der Waals surface area (Å²) in [7, 11) is 0. The van der Waals surface area contributed by atoms with Crippen LogP contribution in [-0.4, -0.2) is 40.4 Å². The van der Waals surface area contributed by atoms with Gasteiger partial charge in [-0.05, 0) is 44.1 Å². The summed E-state index contributed by atoms with van der Waals surface area (Å²) in [5.74, 6) is 0. The number of ether oxygens (including phenoxy) is 1. The van der Waals surface area contributed by atoms with Crippen molar-refractivity contribution >= 4 is 58.3 Å². The number of aryl methyl sites for hydroxylation is 1. The first kappa shape index (κ1) is 21.3. The zero-order chi connectivity index (χ0) is 20.1. The van der Waals surface area contributed by atoms with Crippen LogP contribution in [0.2, 0.25) is 15.2 Å². The fourth-order valence-corrected chi connectivity index (χ4v) is 3.79. The molecule has 2 heterocycles. The topological polar surface area (TPSA) is 63.5 Å². The molecule has 10 heteroatoms. The highest BCUT2D eigenvalue weighted by molar-refractivity contribution is 7.80. The molecule has 28 heavy (non-hydrogen) atoms. The van der Waals surface area contributed by atoms with E-state index in [0.717, 1.165) is 30.7 Å². The Balaban J connectivity index is 1.61. The largest absolute Gasteiger partial charge is 0.376 e. The number of nitrogens with one attached hydrogen (secondary N) is 2. The molecule has 1 aliphatic heterocycles. The summed E-state index contributed by atoms with van der Waals surface area (Å²) < 4.78 is 7.18. The molecule has 0 saturated carbocycles. The number of hydrogen-bond donors (Lipinski definition) is 2. The van der Waals surface area contributed by atoms with Gasteiger partial charge in [-0.25, -0.2) is 4.68 Å². The van der Waals surface area contributed by atoms with Crippen molar-refractivity contribution in [2.75, 3.05) is 13.2 Å². The molecule has 1 atom stereocenters. The van der Waals surface area contributed by atoms with E-state index in [1.54, 1.807) is 29.1 Å². The van der Waals surface area contributed by atoms with Gasteiger partial charge >= 0.3 is 0 Å². The van der Waals surface area contributed by atoms with E-state index in [4.69, 9.17) is 51.8 Å². The summed E-state index contributed by atoms with van der Waals surface area (Å²) in [6, 6.07) is 5.36. The maximum absolute atomic E-state index is 6.48. The van der Waals surface area contributed by atoms with Crippen LogP contribution in [0.15, 0.2) is 23.3 Å². The van der Waals surface area contributed by atoms with Gasteiger partial charge in [0, 0.05) is 28.8 Å². The van der Waals surface area contributed by atoms with Gasteiger partial charge in [-0.1, -0.05) is 40.9 Å². The zero-order valence-electron chi connectivity index (χ0n) is 15.2. The monoisotopic (exact) mass is 459 g/mol. The minimum Gasteiger partial charge on any atom is -0.376 e. The molecular formula is C18H20Cl3N5OS. The first-order chi connectivity index (χ1) is 13.5. The Kier molecular flexibility index (Phi) is 7.54. The van der Waals surface area contributed by atoms with Crippen molar-refractivity contribution < 1.29 is 4.74 Å². The quantitative estimate of drug-likeness (QED) is 0.385. The number of aromatic nitrogens is 2. The zero-order valence-corrected chi connectivity index (χ0v) is 18.3. The van der Waals surface area contributed by atoms with E-state index in [-0.39, 0.29) is 6.10 Å². The summed E-state index contributed by atoms with van der Waals surface area (Å²) >= 11 is 24.2. The lowest BCUT2D eigenvalue weighted by molar-refractivity contribution is 0.114. The van der Waals surface area contributed by atoms with Crippen LogP contribution in [0.25, 0.3) is 0 Å². The average Bonchev–Trinajstić information content (AvgIpc) is 3.26. The Morgan fingerprint density at radius 2 is 2.14 bits per heavy atom. The number of halogens is 3. The van der Waals surface area contributed by atoms with Crippen LogP contribution in [0, 0.1) is 6.92 Å². The molecule has 0 radical (unpaired) electrons. The van der Waals surface area contributed by atoms with Gasteiger partial charge in [0.15, 0.2) is 5.11 Å². The molecule has 1 aromatic heterocycles. The lowest BCUT2D eigenvalue weighted by atomic mass is 10.2. The smallest absolute Gasteiger partial charge is 0.187 e. The normalized spacial score (nSPS) is 16.6. The second-order valence-corrected chi connectivity index (χ2v) is 7.94. The van der Waals surface area contributed by atoms with Gasteiger partial charge in [0.1, 0.15) is 5.15 Å². The molecule has 150 valence electrons. The van der Waals surface area contributed by atoms with E-state index >= 15 is 0 Å². The molecule has 0 spiro atoms. The first-order valence-corrected chi connectivity index (χ1v) is 10.3. The Bertz CT molecular complexity index is 860. The third-order valence-corrected chi connectivity index (χ3v) is 5.70. The van der Waals surface area contributed by atoms with Crippen LogP contribution in [0.3, 0.4) is 0 Å². The number of hydrazone groups is 1. The summed E-state index contributed by atoms with van der Waals surface area (Å²) in [4.78, 5) is 0. The van der Waals surface area contributed by atoms with Crippen LogP contribution in [0.1, 0.15) is 29.7 Å². The van der Waals surface area contributed by atoms with Crippen LogP contribution < -0.4 is 10.7 Å². The van der Waals surface area contributed by atoms with Crippen LogP contribution in [0.4, 0.5) is 0 Å². The summed E-state index contributed by atoms with van der Waals surface area (Å²) in [5, 5.41) is 13.7. The van der Waals surface area contributed by atoms with Crippen molar-refractivity contribution in [3.05, 3.63) is 50.2 Å². The number of nitrogens with zero attached hydrogens (tertiary/aromatic N) is 3. The van der Waals surface area contributed by atoms with Crippen molar-refractivity contribution in [1.29, 1.82) is 0 Å². The van der Waals surface area contributed by atoms with Gasteiger partial charge in [-0.2, -0.15) is 10.2 Å². The predicted molar refractivity (Wildman–Crippen MR) is 118 cm³/mol. The molecule has 0 aliphatic carbocycles. The lowest BCUT2D eigenvalue weighted by Gasteiger charge is -2.11. The summed E-state index contributed by atoms with van der Waals surface area (Å²) in [5.41, 5.74) is 4.97. The third-order valence-electron chi connectivity index (χ3n) is 4.35. The molecule has 1 aliphatic rings. The van der Waals surface area contributed by atoms with Crippen molar-refractivity contribution in [3.8, 4) is 0 Å². The van der Waals surface area contributed by atoms with E-state index in [9.17, 15) is 0 Å². The fraction of sp³-hybridized carbons (Fsp3) is 0.389. The Morgan fingerprint density at radius 3 is 2.82 bits per heavy atom. The molecular weight excluding hydrogens is 441 g/mol. The molecule has 2 aromatic rings. The summed E-state index contributed by atoms with van der Waals surface area (Å²) in [6.07, 6.45) is 3.93. The summed E-state index contributed by atoms with van der Waals surface area (Å²) in [6.45, 7) is 3.69. The van der Waals surface area contributed by atoms with Crippen molar-refractivity contribution in [2.24, 2.45) is 5.10 Å². The molecule has 1 saturated heterocycles. The standard InChI is InChI=1S/C18H20Cl3N5OS/c1-11-13(9-23-24-18(28)22-8-12-4-3-7-27-12)17(21)26(25-11)10-14-15(19)5-2-6-16(14)20/h2,5-6,9,12H,3-4,7-8,10H2,1H3,(H2,22,24,28)/b23-9+. The van der Waals surface area contributed by atoms with Gasteiger partial charge in [0.25, 0.3) is 0 Å². The number of hydrogen-bond acceptors (Lipinski definition) is 4. The second kappa shape index (κ2) is 9.89. The van der Waals surface area contributed by atoms with Gasteiger partial charge in [-0.3, -0.25) is 5.43 Å². The second-order valence-electron chi connectivity index (χ2n) is 6.36. The van der Waals surface area contributed by atoms with Crippen molar-refractivity contribution in [3.63, 3.8) is 0 Å². The number of thiocarbonyl (C=S) groups is 1. The highest BCUT2D eigenvalue weighted by atomic mass is 35.5. The van der Waals surface area contributed by atoms with Gasteiger partial charge in [-0.15, -0.1) is 0 Å². The van der Waals surface area contributed by atoms with E-state index in [1.165, 1.54) is 0 Å². The molecule has 1 fully saturated rings. The third kappa shape index (κ3) is 5.36. The van der Waals surface area contributed by atoms with Gasteiger partial charge in [0.05, 0.1) is 30.1 Å². The fourth-order valence-electron chi connectivity index (χ4n) is 2.86. The lowest BCUT2D eigenvalue weighted by Crippen LogP contribution is -2.37. The first-order valence-electron chi connectivity index (χ1n) is 8.80. The van der Waals surface area contributed by atoms with Crippen molar-refractivity contribution in [1.82, 2.24) is 20.5 Å². The SMILES string of the molecule is Cc1nn(Cc2c(Cl)cccc2Cl)c(Cl)c1/C=N/NC(=S)NCC1CCCO1. The van der Waals surface area contributed by atoms with E-state index < -0.39 is 0 Å². The molecule has 3 rings (SSSR count). The number of benzene rings is 1. The maximum Gasteiger partial charge on any atom is 0.187 e. The Hall–Kier alpha value is -1.38. The Morgan fingerprint density at radius 1 is 1.39 bits per heavy atom. The maximum atomic E-state index is 6.48. The minimum absolute atomic E-state index is 0.204. The Labute approximate surface area is 184 Å². The molecule has 1 unspecified atom stereocenters. The molecule has 0 amide bonds.